The molecule has 2 aromatic rings. The highest BCUT2D eigenvalue weighted by molar-refractivity contribution is 5.75. The van der Waals surface area contributed by atoms with Crippen LogP contribution in [0.1, 0.15) is 67.0 Å². The van der Waals surface area contributed by atoms with Gasteiger partial charge >= 0.3 is 0 Å². The molecular weight excluding hydrogens is 310 g/mol. The van der Waals surface area contributed by atoms with E-state index < -0.39 is 0 Å². The number of aromatic nitrogens is 2. The number of nitriles is 1. The number of aryl methyl sites for hydroxylation is 2. The van der Waals surface area contributed by atoms with Crippen molar-refractivity contribution in [2.24, 2.45) is 7.05 Å². The van der Waals surface area contributed by atoms with E-state index in [0.717, 1.165) is 54.5 Å². The van der Waals surface area contributed by atoms with E-state index in [1.807, 2.05) is 12.3 Å². The molecule has 0 amide bonds. The van der Waals surface area contributed by atoms with Gasteiger partial charge in [-0.2, -0.15) is 5.26 Å². The van der Waals surface area contributed by atoms with Crippen molar-refractivity contribution >= 4 is 0 Å². The molecule has 4 nitrogen and oxygen atoms in total. The number of hydrogen-bond acceptors (Lipinski definition) is 3. The van der Waals surface area contributed by atoms with Gasteiger partial charge in [0.2, 0.25) is 5.56 Å². The van der Waals surface area contributed by atoms with Crippen LogP contribution in [0.2, 0.25) is 0 Å². The Kier molecular flexibility index (Phi) is 4.17. The van der Waals surface area contributed by atoms with Crippen LogP contribution in [0, 0.1) is 11.3 Å². The number of nitrogens with zero attached hydrogens (tertiary/aromatic N) is 3. The lowest BCUT2D eigenvalue weighted by molar-refractivity contribution is 0.409. The third-order valence-corrected chi connectivity index (χ3v) is 5.73. The molecule has 2 aliphatic rings. The highest BCUT2D eigenvalue weighted by Gasteiger charge is 2.29. The summed E-state index contributed by atoms with van der Waals surface area (Å²) in [6.07, 6.45) is 10.9. The summed E-state index contributed by atoms with van der Waals surface area (Å²) in [4.78, 5) is 16.8. The Hall–Kier alpha value is -2.41. The van der Waals surface area contributed by atoms with Crippen molar-refractivity contribution in [3.63, 3.8) is 0 Å². The average molecular weight is 333 g/mol. The van der Waals surface area contributed by atoms with Crippen molar-refractivity contribution in [2.45, 2.75) is 57.3 Å². The van der Waals surface area contributed by atoms with Crippen molar-refractivity contribution in [2.75, 3.05) is 0 Å². The quantitative estimate of drug-likeness (QED) is 0.784. The lowest BCUT2D eigenvalue weighted by Crippen LogP contribution is -2.17. The van der Waals surface area contributed by atoms with E-state index in [1.54, 1.807) is 17.7 Å². The van der Waals surface area contributed by atoms with Gasteiger partial charge in [0.05, 0.1) is 11.3 Å². The smallest absolute Gasteiger partial charge is 0.250 e. The molecule has 2 aliphatic carbocycles. The van der Waals surface area contributed by atoms with E-state index in [2.05, 4.69) is 6.07 Å². The van der Waals surface area contributed by atoms with Crippen molar-refractivity contribution in [3.05, 3.63) is 51.2 Å². The van der Waals surface area contributed by atoms with Crippen LogP contribution in [-0.2, 0) is 19.9 Å². The second kappa shape index (κ2) is 6.48. The highest BCUT2D eigenvalue weighted by Crippen LogP contribution is 2.42. The third-order valence-electron chi connectivity index (χ3n) is 5.73. The first-order chi connectivity index (χ1) is 12.2. The summed E-state index contributed by atoms with van der Waals surface area (Å²) in [5, 5.41) is 9.97. The predicted octanol–water partition coefficient (Wildman–Crippen LogP) is 3.86. The molecule has 0 aromatic carbocycles. The minimum atomic E-state index is -0.0263. The minimum absolute atomic E-state index is 0.0263. The van der Waals surface area contributed by atoms with Crippen LogP contribution >= 0.6 is 0 Å². The van der Waals surface area contributed by atoms with Gasteiger partial charge in [-0.05, 0) is 55.7 Å². The molecule has 0 spiro atoms. The zero-order chi connectivity index (χ0) is 17.4. The largest absolute Gasteiger partial charge is 0.318 e. The molecule has 0 bridgehead atoms. The number of hydrogen-bond donors (Lipinski definition) is 0. The molecule has 128 valence electrons. The van der Waals surface area contributed by atoms with Crippen LogP contribution in [0.4, 0.5) is 0 Å². The molecule has 2 heterocycles. The van der Waals surface area contributed by atoms with E-state index in [9.17, 15) is 10.1 Å². The maximum Gasteiger partial charge on any atom is 0.250 e. The summed E-state index contributed by atoms with van der Waals surface area (Å²) in [5.41, 5.74) is 6.13. The van der Waals surface area contributed by atoms with Crippen LogP contribution in [0.5, 0.6) is 0 Å². The minimum Gasteiger partial charge on any atom is -0.318 e. The van der Waals surface area contributed by atoms with Crippen molar-refractivity contribution < 1.29 is 0 Å². The predicted molar refractivity (Wildman–Crippen MR) is 97.5 cm³/mol. The van der Waals surface area contributed by atoms with E-state index in [1.165, 1.54) is 30.5 Å². The first-order valence-electron chi connectivity index (χ1n) is 9.32. The number of pyridine rings is 2. The number of rotatable bonds is 2. The molecule has 0 radical (unpaired) electrons. The average Bonchev–Trinajstić information content (AvgIpc) is 2.80. The molecule has 1 fully saturated rings. The molecule has 25 heavy (non-hydrogen) atoms. The summed E-state index contributed by atoms with van der Waals surface area (Å²) in [7, 11) is 1.77. The van der Waals surface area contributed by atoms with Crippen LogP contribution in [0.25, 0.3) is 11.1 Å². The molecule has 0 unspecified atom stereocenters. The maximum atomic E-state index is 11.8. The van der Waals surface area contributed by atoms with Gasteiger partial charge in [-0.15, -0.1) is 0 Å². The zero-order valence-electron chi connectivity index (χ0n) is 14.7. The fourth-order valence-corrected chi connectivity index (χ4v) is 4.09. The van der Waals surface area contributed by atoms with Gasteiger partial charge in [-0.3, -0.25) is 9.78 Å². The third kappa shape index (κ3) is 2.78. The van der Waals surface area contributed by atoms with Crippen LogP contribution in [0.3, 0.4) is 0 Å². The van der Waals surface area contributed by atoms with E-state index in [4.69, 9.17) is 4.98 Å². The Morgan fingerprint density at radius 2 is 1.96 bits per heavy atom. The Balaban J connectivity index is 2.00. The second-order valence-corrected chi connectivity index (χ2v) is 7.34. The molecule has 0 N–H and O–H groups in total. The first kappa shape index (κ1) is 16.1. The Morgan fingerprint density at radius 3 is 2.64 bits per heavy atom. The van der Waals surface area contributed by atoms with Crippen LogP contribution < -0.4 is 5.56 Å². The fourth-order valence-electron chi connectivity index (χ4n) is 4.09. The van der Waals surface area contributed by atoms with Gasteiger partial charge in [0, 0.05) is 36.5 Å². The van der Waals surface area contributed by atoms with Crippen LogP contribution in [0.15, 0.2) is 23.1 Å². The molecule has 4 rings (SSSR count). The number of fused-ring (bicyclic) bond motifs is 1. The maximum absolute atomic E-state index is 11.8. The summed E-state index contributed by atoms with van der Waals surface area (Å²) < 4.78 is 1.60. The second-order valence-electron chi connectivity index (χ2n) is 7.34. The Morgan fingerprint density at radius 1 is 1.16 bits per heavy atom. The van der Waals surface area contributed by atoms with E-state index in [-0.39, 0.29) is 5.56 Å². The van der Waals surface area contributed by atoms with E-state index in [0.29, 0.717) is 5.92 Å². The highest BCUT2D eigenvalue weighted by atomic mass is 16.1. The molecule has 0 saturated heterocycles. The normalized spacial score (nSPS) is 17.3. The molecule has 4 heteroatoms. The van der Waals surface area contributed by atoms with E-state index >= 15 is 0 Å². The first-order valence-corrected chi connectivity index (χ1v) is 9.32. The fraction of sp³-hybridized carbons (Fsp3) is 0.476. The van der Waals surface area contributed by atoms with Gasteiger partial charge in [-0.1, -0.05) is 12.8 Å². The lowest BCUT2D eigenvalue weighted by atomic mass is 9.78. The van der Waals surface area contributed by atoms with Gasteiger partial charge in [0.25, 0.3) is 0 Å². The summed E-state index contributed by atoms with van der Waals surface area (Å²) in [5.74, 6) is 0.425. The molecular formula is C21H23N3O. The summed E-state index contributed by atoms with van der Waals surface area (Å²) in [6, 6.07) is 5.94. The van der Waals surface area contributed by atoms with Crippen LogP contribution in [-0.4, -0.2) is 9.55 Å². The SMILES string of the molecule is Cn1cc(-c2c(C#N)c(C3CCC3)nc3c2CCCCC3)ccc1=O. The zero-order valence-corrected chi connectivity index (χ0v) is 14.7. The molecule has 0 aliphatic heterocycles. The Bertz CT molecular complexity index is 916. The van der Waals surface area contributed by atoms with Crippen molar-refractivity contribution in [1.29, 1.82) is 5.26 Å². The van der Waals surface area contributed by atoms with Gasteiger partial charge < -0.3 is 4.57 Å². The summed E-state index contributed by atoms with van der Waals surface area (Å²) in [6.45, 7) is 0. The summed E-state index contributed by atoms with van der Waals surface area (Å²) >= 11 is 0. The van der Waals surface area contributed by atoms with Crippen molar-refractivity contribution in [3.8, 4) is 17.2 Å². The van der Waals surface area contributed by atoms with Crippen molar-refractivity contribution in [1.82, 2.24) is 9.55 Å². The topological polar surface area (TPSA) is 58.7 Å². The van der Waals surface area contributed by atoms with Gasteiger partial charge in [0.1, 0.15) is 6.07 Å². The molecule has 2 aromatic heterocycles. The molecule has 1 saturated carbocycles. The molecule has 0 atom stereocenters. The monoisotopic (exact) mass is 333 g/mol. The van der Waals surface area contributed by atoms with Gasteiger partial charge in [-0.25, -0.2) is 0 Å². The lowest BCUT2D eigenvalue weighted by Gasteiger charge is -2.28. The standard InChI is InChI=1S/C21H23N3O/c1-24-13-15(10-11-19(24)25)20-16-8-3-2-4-9-18(16)23-21(17(20)12-22)14-6-5-7-14/h10-11,13-14H,2-9H2,1H3. The van der Waals surface area contributed by atoms with Gasteiger partial charge in [0.15, 0.2) is 0 Å². The Labute approximate surface area is 148 Å².